The van der Waals surface area contributed by atoms with Crippen molar-refractivity contribution in [1.29, 1.82) is 0 Å². The van der Waals surface area contributed by atoms with Gasteiger partial charge in [0.05, 0.1) is 7.11 Å². The summed E-state index contributed by atoms with van der Waals surface area (Å²) in [5.41, 5.74) is 1.70. The number of hydrogen-bond acceptors (Lipinski definition) is 4. The normalized spacial score (nSPS) is 29.5. The predicted octanol–water partition coefficient (Wildman–Crippen LogP) is 2.52. The Morgan fingerprint density at radius 1 is 1.04 bits per heavy atom. The first kappa shape index (κ1) is 14.5. The monoisotopic (exact) mass is 310 g/mol. The average molecular weight is 310 g/mol. The minimum atomic E-state index is -0.915. The molecule has 0 radical (unpaired) electrons. The Bertz CT molecular complexity index is 745. The Morgan fingerprint density at radius 3 is 2.43 bits per heavy atom. The van der Waals surface area contributed by atoms with Crippen molar-refractivity contribution in [1.82, 2.24) is 4.90 Å². The number of methoxy groups -OCH3 is 1. The molecule has 0 bridgehead atoms. The van der Waals surface area contributed by atoms with Gasteiger partial charge >= 0.3 is 0 Å². The van der Waals surface area contributed by atoms with Gasteiger partial charge in [-0.15, -0.1) is 0 Å². The highest BCUT2D eigenvalue weighted by Crippen LogP contribution is 2.60. The number of aliphatic hydroxyl groups is 1. The molecule has 2 aliphatic heterocycles. The Hall–Kier alpha value is -2.04. The number of benzene rings is 2. The van der Waals surface area contributed by atoms with Crippen molar-refractivity contribution in [3.8, 4) is 5.75 Å². The molecule has 4 rings (SSSR count). The van der Waals surface area contributed by atoms with E-state index >= 15 is 0 Å². The van der Waals surface area contributed by atoms with Crippen molar-refractivity contribution >= 4 is 5.69 Å². The van der Waals surface area contributed by atoms with Crippen LogP contribution in [0.15, 0.2) is 48.5 Å². The van der Waals surface area contributed by atoms with Gasteiger partial charge in [-0.05, 0) is 37.2 Å². The molecule has 0 aliphatic carbocycles. The number of likely N-dealkylation sites (tertiary alicyclic amines) is 1. The van der Waals surface area contributed by atoms with E-state index in [1.807, 2.05) is 24.3 Å². The van der Waals surface area contributed by atoms with Crippen molar-refractivity contribution in [2.24, 2.45) is 0 Å². The van der Waals surface area contributed by atoms with E-state index in [-0.39, 0.29) is 0 Å². The molecule has 0 spiro atoms. The number of para-hydroxylation sites is 1. The lowest BCUT2D eigenvalue weighted by atomic mass is 9.80. The van der Waals surface area contributed by atoms with Gasteiger partial charge in [0, 0.05) is 24.8 Å². The number of hydrogen-bond donors (Lipinski definition) is 1. The second-order valence-corrected chi connectivity index (χ2v) is 6.51. The van der Waals surface area contributed by atoms with E-state index in [2.05, 4.69) is 48.2 Å². The largest absolute Gasteiger partial charge is 0.497 e. The Morgan fingerprint density at radius 2 is 1.74 bits per heavy atom. The topological polar surface area (TPSA) is 35.9 Å². The molecule has 4 heteroatoms. The molecular formula is C19H22N2O2. The first-order chi connectivity index (χ1) is 11.1. The fourth-order valence-corrected chi connectivity index (χ4v) is 4.60. The van der Waals surface area contributed by atoms with E-state index in [9.17, 15) is 5.11 Å². The lowest BCUT2D eigenvalue weighted by Gasteiger charge is -2.46. The molecule has 2 atom stereocenters. The molecule has 2 aromatic carbocycles. The van der Waals surface area contributed by atoms with Crippen molar-refractivity contribution in [3.63, 3.8) is 0 Å². The van der Waals surface area contributed by atoms with Crippen LogP contribution in [0, 0.1) is 0 Å². The highest BCUT2D eigenvalue weighted by molar-refractivity contribution is 5.67. The molecule has 2 aliphatic rings. The first-order valence-corrected chi connectivity index (χ1v) is 7.97. The SMILES string of the molecule is COc1ccc([C@@]23N(C)CC[C@]2(O)c2ccccc2N3C)cc1. The number of rotatable bonds is 2. The molecule has 0 saturated carbocycles. The summed E-state index contributed by atoms with van der Waals surface area (Å²) >= 11 is 0. The lowest BCUT2D eigenvalue weighted by Crippen LogP contribution is -2.58. The summed E-state index contributed by atoms with van der Waals surface area (Å²) in [7, 11) is 5.83. The second-order valence-electron chi connectivity index (χ2n) is 6.51. The van der Waals surface area contributed by atoms with E-state index in [4.69, 9.17) is 4.74 Å². The van der Waals surface area contributed by atoms with E-state index in [1.54, 1.807) is 7.11 Å². The molecule has 4 nitrogen and oxygen atoms in total. The van der Waals surface area contributed by atoms with Crippen molar-refractivity contribution in [2.45, 2.75) is 17.7 Å². The summed E-state index contributed by atoms with van der Waals surface area (Å²) in [4.78, 5) is 4.48. The zero-order valence-electron chi connectivity index (χ0n) is 13.8. The highest BCUT2D eigenvalue weighted by Gasteiger charge is 2.66. The van der Waals surface area contributed by atoms with Gasteiger partial charge in [0.15, 0.2) is 5.66 Å². The van der Waals surface area contributed by atoms with Crippen LogP contribution in [0.3, 0.4) is 0 Å². The molecule has 2 aromatic rings. The summed E-state index contributed by atoms with van der Waals surface area (Å²) < 4.78 is 5.29. The molecule has 0 amide bonds. The molecule has 1 saturated heterocycles. The zero-order chi connectivity index (χ0) is 16.2. The van der Waals surface area contributed by atoms with Gasteiger partial charge in [-0.1, -0.05) is 30.3 Å². The molecule has 0 unspecified atom stereocenters. The number of nitrogens with zero attached hydrogens (tertiary/aromatic N) is 2. The molecule has 23 heavy (non-hydrogen) atoms. The summed E-state index contributed by atoms with van der Waals surface area (Å²) in [6.45, 7) is 0.848. The van der Waals surface area contributed by atoms with Crippen molar-refractivity contribution in [2.75, 3.05) is 32.6 Å². The van der Waals surface area contributed by atoms with Gasteiger partial charge in [-0.3, -0.25) is 4.90 Å². The minimum Gasteiger partial charge on any atom is -0.497 e. The van der Waals surface area contributed by atoms with E-state index < -0.39 is 11.3 Å². The fraction of sp³-hybridized carbons (Fsp3) is 0.368. The lowest BCUT2D eigenvalue weighted by molar-refractivity contribution is -0.0535. The molecule has 120 valence electrons. The summed E-state index contributed by atoms with van der Waals surface area (Å²) in [6, 6.07) is 16.2. The highest BCUT2D eigenvalue weighted by atomic mass is 16.5. The summed E-state index contributed by atoms with van der Waals surface area (Å²) in [5, 5.41) is 11.7. The number of ether oxygens (including phenoxy) is 1. The van der Waals surface area contributed by atoms with Gasteiger partial charge in [-0.2, -0.15) is 0 Å². The summed E-state index contributed by atoms with van der Waals surface area (Å²) in [5.74, 6) is 0.826. The Labute approximate surface area is 136 Å². The van der Waals surface area contributed by atoms with Crippen LogP contribution in [0.2, 0.25) is 0 Å². The molecular weight excluding hydrogens is 288 g/mol. The smallest absolute Gasteiger partial charge is 0.153 e. The number of anilines is 1. The van der Waals surface area contributed by atoms with Crippen LogP contribution in [0.5, 0.6) is 5.75 Å². The van der Waals surface area contributed by atoms with Crippen LogP contribution >= 0.6 is 0 Å². The third kappa shape index (κ3) is 1.57. The molecule has 1 fully saturated rings. The van der Waals surface area contributed by atoms with E-state index in [1.165, 1.54) is 0 Å². The molecule has 2 heterocycles. The third-order valence-electron chi connectivity index (χ3n) is 5.63. The van der Waals surface area contributed by atoms with Crippen molar-refractivity contribution in [3.05, 3.63) is 59.7 Å². The minimum absolute atomic E-state index is 0.580. The quantitative estimate of drug-likeness (QED) is 0.924. The van der Waals surface area contributed by atoms with Gasteiger partial charge in [-0.25, -0.2) is 0 Å². The fourth-order valence-electron chi connectivity index (χ4n) is 4.60. The number of likely N-dealkylation sites (N-methyl/N-ethyl adjacent to an activating group) is 2. The average Bonchev–Trinajstić information content (AvgIpc) is 2.97. The summed E-state index contributed by atoms with van der Waals surface area (Å²) in [6.07, 6.45) is 0.719. The van der Waals surface area contributed by atoms with E-state index in [0.717, 1.165) is 35.5 Å². The number of fused-ring (bicyclic) bond motifs is 3. The Kier molecular flexibility index (Phi) is 2.99. The standard InChI is InChI=1S/C19H22N2O2/c1-20-13-12-18(22)16-6-4-5-7-17(16)21(2)19(18,20)14-8-10-15(23-3)11-9-14/h4-11,22H,12-13H2,1-3H3/t18-,19-/m0/s1. The van der Waals surface area contributed by atoms with Crippen molar-refractivity contribution < 1.29 is 9.84 Å². The van der Waals surface area contributed by atoms with Crippen LogP contribution in [0.25, 0.3) is 0 Å². The van der Waals surface area contributed by atoms with Crippen LogP contribution < -0.4 is 9.64 Å². The van der Waals surface area contributed by atoms with E-state index in [0.29, 0.717) is 0 Å². The molecule has 1 N–H and O–H groups in total. The Balaban J connectivity index is 1.97. The second kappa shape index (κ2) is 4.73. The van der Waals surface area contributed by atoms with Gasteiger partial charge in [0.2, 0.25) is 0 Å². The maximum Gasteiger partial charge on any atom is 0.153 e. The maximum absolute atomic E-state index is 11.7. The zero-order valence-corrected chi connectivity index (χ0v) is 13.8. The van der Waals surface area contributed by atoms with Crippen LogP contribution in [0.1, 0.15) is 17.5 Å². The molecule has 0 aromatic heterocycles. The van der Waals surface area contributed by atoms with Gasteiger partial charge in [0.25, 0.3) is 0 Å². The van der Waals surface area contributed by atoms with Crippen LogP contribution in [-0.2, 0) is 11.3 Å². The maximum atomic E-state index is 11.7. The first-order valence-electron chi connectivity index (χ1n) is 7.97. The predicted molar refractivity (Wildman–Crippen MR) is 90.7 cm³/mol. The third-order valence-corrected chi connectivity index (χ3v) is 5.63. The van der Waals surface area contributed by atoms with Crippen LogP contribution in [0.4, 0.5) is 5.69 Å². The van der Waals surface area contributed by atoms with Gasteiger partial charge < -0.3 is 14.7 Å². The van der Waals surface area contributed by atoms with Crippen LogP contribution in [-0.4, -0.2) is 37.8 Å². The van der Waals surface area contributed by atoms with Gasteiger partial charge in [0.1, 0.15) is 11.4 Å².